The fraction of sp³-hybridized carbons (Fsp3) is 0.143. The van der Waals surface area contributed by atoms with E-state index in [1.54, 1.807) is 0 Å². The van der Waals surface area contributed by atoms with Gasteiger partial charge in [-0.15, -0.1) is 0 Å². The lowest BCUT2D eigenvalue weighted by atomic mass is 9.95. The monoisotopic (exact) mass is 374 g/mol. The van der Waals surface area contributed by atoms with E-state index in [0.29, 0.717) is 6.07 Å². The Bertz CT molecular complexity index is 710. The molecule has 0 saturated heterocycles. The minimum atomic E-state index is -4.91. The average molecular weight is 376 g/mol. The van der Waals surface area contributed by atoms with Gasteiger partial charge in [0.25, 0.3) is 6.43 Å². The Kier molecular flexibility index (Phi) is 4.90. The lowest BCUT2D eigenvalue weighted by molar-refractivity contribution is -0.139. The molecule has 0 bridgehead atoms. The molecule has 0 saturated carbocycles. The van der Waals surface area contributed by atoms with Crippen LogP contribution in [0.1, 0.15) is 17.6 Å². The van der Waals surface area contributed by atoms with Crippen LogP contribution in [0.3, 0.4) is 0 Å². The molecule has 0 unspecified atom stereocenters. The molecule has 0 nitrogen and oxygen atoms in total. The Balaban J connectivity index is 2.79. The first-order valence-corrected chi connectivity index (χ1v) is 6.89. The predicted molar refractivity (Wildman–Crippen MR) is 76.9 cm³/mol. The van der Waals surface area contributed by atoms with Gasteiger partial charge in [-0.2, -0.15) is 13.2 Å². The van der Waals surface area contributed by atoms with E-state index in [1.807, 2.05) is 0 Å². The molecule has 2 aromatic carbocycles. The van der Waals surface area contributed by atoms with Crippen LogP contribution >= 0.6 is 34.8 Å². The summed E-state index contributed by atoms with van der Waals surface area (Å²) in [5.74, 6) is 0. The van der Waals surface area contributed by atoms with Crippen molar-refractivity contribution in [2.24, 2.45) is 0 Å². The number of hydrogen-bond donors (Lipinski definition) is 0. The van der Waals surface area contributed by atoms with Crippen molar-refractivity contribution in [3.05, 3.63) is 56.5 Å². The summed E-state index contributed by atoms with van der Waals surface area (Å²) in [6.45, 7) is 0. The first-order valence-electron chi connectivity index (χ1n) is 5.76. The third-order valence-corrected chi connectivity index (χ3v) is 3.96. The first-order chi connectivity index (χ1) is 10.1. The number of halogens is 8. The minimum absolute atomic E-state index is 0.00121. The highest BCUT2D eigenvalue weighted by Crippen LogP contribution is 2.44. The number of rotatable bonds is 2. The van der Waals surface area contributed by atoms with E-state index in [0.717, 1.165) is 18.2 Å². The van der Waals surface area contributed by atoms with Crippen LogP contribution in [0.2, 0.25) is 15.1 Å². The molecular weight excluding hydrogens is 370 g/mol. The molecule has 2 rings (SSSR count). The van der Waals surface area contributed by atoms with Crippen molar-refractivity contribution in [3.8, 4) is 11.1 Å². The molecule has 8 heteroatoms. The summed E-state index contributed by atoms with van der Waals surface area (Å²) in [7, 11) is 0. The van der Waals surface area contributed by atoms with Gasteiger partial charge in [-0.3, -0.25) is 0 Å². The summed E-state index contributed by atoms with van der Waals surface area (Å²) in [4.78, 5) is 0. The smallest absolute Gasteiger partial charge is 0.205 e. The Morgan fingerprint density at radius 2 is 1.41 bits per heavy atom. The van der Waals surface area contributed by atoms with Crippen molar-refractivity contribution in [1.29, 1.82) is 0 Å². The fourth-order valence-electron chi connectivity index (χ4n) is 2.01. The van der Waals surface area contributed by atoms with Crippen LogP contribution in [0.25, 0.3) is 11.1 Å². The van der Waals surface area contributed by atoms with E-state index in [2.05, 4.69) is 0 Å². The molecule has 2 aromatic rings. The van der Waals surface area contributed by atoms with Gasteiger partial charge in [-0.25, -0.2) is 8.78 Å². The van der Waals surface area contributed by atoms with E-state index in [4.69, 9.17) is 34.8 Å². The second-order valence-corrected chi connectivity index (χ2v) is 5.53. The van der Waals surface area contributed by atoms with Crippen molar-refractivity contribution >= 4 is 34.8 Å². The van der Waals surface area contributed by atoms with E-state index in [9.17, 15) is 22.0 Å². The number of benzene rings is 2. The van der Waals surface area contributed by atoms with E-state index >= 15 is 0 Å². The normalized spacial score (nSPS) is 12.0. The molecule has 0 atom stereocenters. The summed E-state index contributed by atoms with van der Waals surface area (Å²) < 4.78 is 65.2. The number of alkyl halides is 5. The van der Waals surface area contributed by atoms with Gasteiger partial charge in [-0.05, 0) is 23.8 Å². The maximum absolute atomic E-state index is 13.2. The van der Waals surface area contributed by atoms with Crippen molar-refractivity contribution in [2.45, 2.75) is 12.6 Å². The summed E-state index contributed by atoms with van der Waals surface area (Å²) in [6.07, 6.45) is -8.25. The maximum Gasteiger partial charge on any atom is 0.416 e. The van der Waals surface area contributed by atoms with Gasteiger partial charge in [0.1, 0.15) is 0 Å². The van der Waals surface area contributed by atoms with Crippen LogP contribution < -0.4 is 0 Å². The highest BCUT2D eigenvalue weighted by Gasteiger charge is 2.37. The molecular formula is C14H6Cl3F5. The van der Waals surface area contributed by atoms with Gasteiger partial charge >= 0.3 is 6.18 Å². The molecule has 0 N–H and O–H groups in total. The van der Waals surface area contributed by atoms with Crippen molar-refractivity contribution < 1.29 is 22.0 Å². The van der Waals surface area contributed by atoms with Crippen LogP contribution in [-0.2, 0) is 6.18 Å². The summed E-state index contributed by atoms with van der Waals surface area (Å²) >= 11 is 17.4. The summed E-state index contributed by atoms with van der Waals surface area (Å²) in [5.41, 5.74) is -2.94. The maximum atomic E-state index is 13.2. The highest BCUT2D eigenvalue weighted by molar-refractivity contribution is 6.44. The molecule has 0 fully saturated rings. The van der Waals surface area contributed by atoms with Crippen LogP contribution in [0.5, 0.6) is 0 Å². The summed E-state index contributed by atoms with van der Waals surface area (Å²) in [5, 5.41) is -0.00434. The Labute approximate surface area is 137 Å². The zero-order valence-corrected chi connectivity index (χ0v) is 12.8. The van der Waals surface area contributed by atoms with Gasteiger partial charge in [0.05, 0.1) is 15.6 Å². The van der Waals surface area contributed by atoms with Crippen molar-refractivity contribution in [3.63, 3.8) is 0 Å². The van der Waals surface area contributed by atoms with Gasteiger partial charge in [0, 0.05) is 16.1 Å². The van der Waals surface area contributed by atoms with E-state index in [-0.39, 0.29) is 26.2 Å². The second-order valence-electron chi connectivity index (χ2n) is 4.31. The van der Waals surface area contributed by atoms with Gasteiger partial charge < -0.3 is 0 Å². The molecule has 0 aromatic heterocycles. The van der Waals surface area contributed by atoms with Crippen LogP contribution in [0.4, 0.5) is 22.0 Å². The lowest BCUT2D eigenvalue weighted by Gasteiger charge is -2.17. The third-order valence-electron chi connectivity index (χ3n) is 2.93. The summed E-state index contributed by atoms with van der Waals surface area (Å²) in [6, 6.07) is 5.10. The minimum Gasteiger partial charge on any atom is -0.205 e. The molecule has 22 heavy (non-hydrogen) atoms. The standard InChI is InChI=1S/C14H6Cl3F5/c15-9-5-11(17)10(16)4-7(9)6-2-1-3-8(14(20,21)22)12(6)13(18)19/h1-5,13H. The van der Waals surface area contributed by atoms with Crippen LogP contribution in [0.15, 0.2) is 30.3 Å². The number of hydrogen-bond acceptors (Lipinski definition) is 0. The molecule has 0 heterocycles. The molecule has 0 amide bonds. The highest BCUT2D eigenvalue weighted by atomic mass is 35.5. The molecule has 0 spiro atoms. The average Bonchev–Trinajstić information content (AvgIpc) is 2.41. The van der Waals surface area contributed by atoms with Crippen LogP contribution in [-0.4, -0.2) is 0 Å². The molecule has 0 radical (unpaired) electrons. The SMILES string of the molecule is FC(F)c1c(-c2cc(Cl)c(Cl)cc2Cl)cccc1C(F)(F)F. The molecule has 118 valence electrons. The molecule has 0 aliphatic carbocycles. The Morgan fingerprint density at radius 3 is 1.95 bits per heavy atom. The van der Waals surface area contributed by atoms with Crippen molar-refractivity contribution in [1.82, 2.24) is 0 Å². The largest absolute Gasteiger partial charge is 0.416 e. The van der Waals surface area contributed by atoms with E-state index in [1.165, 1.54) is 6.07 Å². The fourth-order valence-corrected chi connectivity index (χ4v) is 2.66. The van der Waals surface area contributed by atoms with Gasteiger partial charge in [-0.1, -0.05) is 46.9 Å². The van der Waals surface area contributed by atoms with Crippen LogP contribution in [0, 0.1) is 0 Å². The predicted octanol–water partition coefficient (Wildman–Crippen LogP) is 7.27. The van der Waals surface area contributed by atoms with Gasteiger partial charge in [0.2, 0.25) is 0 Å². The Morgan fingerprint density at radius 1 is 0.818 bits per heavy atom. The lowest BCUT2D eigenvalue weighted by Crippen LogP contribution is -2.10. The third kappa shape index (κ3) is 3.31. The van der Waals surface area contributed by atoms with E-state index < -0.39 is 23.7 Å². The quantitative estimate of drug-likeness (QED) is 0.382. The zero-order chi connectivity index (χ0) is 16.7. The topological polar surface area (TPSA) is 0 Å². The molecule has 0 aliphatic rings. The van der Waals surface area contributed by atoms with Crippen molar-refractivity contribution in [2.75, 3.05) is 0 Å². The Hall–Kier alpha value is -1.04. The molecule has 0 aliphatic heterocycles. The zero-order valence-electron chi connectivity index (χ0n) is 10.5. The first kappa shape index (κ1) is 17.3. The second kappa shape index (κ2) is 6.22. The van der Waals surface area contributed by atoms with Gasteiger partial charge in [0.15, 0.2) is 0 Å².